The maximum Gasteiger partial charge on any atom is 0.282 e. The Morgan fingerprint density at radius 1 is 0.941 bits per heavy atom. The van der Waals surface area contributed by atoms with Gasteiger partial charge in [0.05, 0.1) is 21.7 Å². The number of fused-ring (bicyclic) bond motifs is 1. The maximum atomic E-state index is 12.8. The van der Waals surface area contributed by atoms with E-state index in [2.05, 4.69) is 10.6 Å². The number of carbonyl (C=O) groups is 4. The van der Waals surface area contributed by atoms with Gasteiger partial charge in [0.15, 0.2) is 0 Å². The number of anilines is 2. The number of aryl methyl sites for hydroxylation is 1. The van der Waals surface area contributed by atoms with Crippen LogP contribution in [0.5, 0.6) is 0 Å². The standard InChI is InChI=1S/C24H18N4O6/c1-14-6-4-7-15(12-14)25-22(30)16-8-2-3-10-18(16)26-20(29)13-27-23(31)17-9-5-11-19(28(33)34)21(17)24(27)32/h2-12H,13H2,1H3,(H,25,30)(H,26,29). The molecule has 1 heterocycles. The lowest BCUT2D eigenvalue weighted by Gasteiger charge is -2.15. The molecule has 1 aliphatic heterocycles. The molecule has 34 heavy (non-hydrogen) atoms. The van der Waals surface area contributed by atoms with Gasteiger partial charge >= 0.3 is 0 Å². The zero-order valence-corrected chi connectivity index (χ0v) is 17.9. The van der Waals surface area contributed by atoms with Crippen molar-refractivity contribution in [3.8, 4) is 0 Å². The molecule has 10 nitrogen and oxygen atoms in total. The summed E-state index contributed by atoms with van der Waals surface area (Å²) < 4.78 is 0. The van der Waals surface area contributed by atoms with E-state index in [0.29, 0.717) is 10.6 Å². The smallest absolute Gasteiger partial charge is 0.282 e. The lowest BCUT2D eigenvalue weighted by Crippen LogP contribution is -2.37. The first kappa shape index (κ1) is 22.3. The van der Waals surface area contributed by atoms with Gasteiger partial charge in [-0.1, -0.05) is 30.3 Å². The summed E-state index contributed by atoms with van der Waals surface area (Å²) in [6.45, 7) is 1.22. The van der Waals surface area contributed by atoms with Gasteiger partial charge in [-0.15, -0.1) is 0 Å². The van der Waals surface area contributed by atoms with E-state index in [1.807, 2.05) is 13.0 Å². The largest absolute Gasteiger partial charge is 0.324 e. The second-order valence-electron chi connectivity index (χ2n) is 7.57. The highest BCUT2D eigenvalue weighted by atomic mass is 16.6. The summed E-state index contributed by atoms with van der Waals surface area (Å²) in [5.74, 6) is -2.93. The molecule has 0 saturated heterocycles. The second-order valence-corrected chi connectivity index (χ2v) is 7.57. The first-order valence-corrected chi connectivity index (χ1v) is 10.2. The first-order valence-electron chi connectivity index (χ1n) is 10.2. The van der Waals surface area contributed by atoms with Crippen LogP contribution in [-0.2, 0) is 4.79 Å². The number of nitrogens with zero attached hydrogens (tertiary/aromatic N) is 2. The molecule has 0 aromatic heterocycles. The molecular weight excluding hydrogens is 440 g/mol. The number of nitrogens with one attached hydrogen (secondary N) is 2. The molecule has 0 bridgehead atoms. The number of carbonyl (C=O) groups excluding carboxylic acids is 4. The fourth-order valence-corrected chi connectivity index (χ4v) is 3.66. The molecule has 3 aromatic rings. The van der Waals surface area contributed by atoms with Crippen LogP contribution in [0.3, 0.4) is 0 Å². The van der Waals surface area contributed by atoms with Crippen molar-refractivity contribution in [3.63, 3.8) is 0 Å². The molecule has 1 aliphatic rings. The van der Waals surface area contributed by atoms with E-state index in [-0.39, 0.29) is 22.4 Å². The highest BCUT2D eigenvalue weighted by Gasteiger charge is 2.41. The molecule has 0 aliphatic carbocycles. The van der Waals surface area contributed by atoms with Crippen molar-refractivity contribution < 1.29 is 24.1 Å². The van der Waals surface area contributed by atoms with Crippen LogP contribution in [0.25, 0.3) is 0 Å². The van der Waals surface area contributed by atoms with Crippen LogP contribution in [0, 0.1) is 17.0 Å². The second kappa shape index (κ2) is 8.94. The van der Waals surface area contributed by atoms with Crippen LogP contribution in [-0.4, -0.2) is 40.0 Å². The van der Waals surface area contributed by atoms with Crippen LogP contribution in [0.1, 0.15) is 36.6 Å². The molecule has 0 spiro atoms. The van der Waals surface area contributed by atoms with Crippen molar-refractivity contribution in [2.75, 3.05) is 17.2 Å². The minimum Gasteiger partial charge on any atom is -0.324 e. The summed E-state index contributed by atoms with van der Waals surface area (Å²) in [5.41, 5.74) is 0.917. The zero-order chi connectivity index (χ0) is 24.4. The van der Waals surface area contributed by atoms with Crippen LogP contribution < -0.4 is 10.6 Å². The first-order chi connectivity index (χ1) is 16.3. The Balaban J connectivity index is 1.51. The minimum atomic E-state index is -0.923. The van der Waals surface area contributed by atoms with Crippen LogP contribution >= 0.6 is 0 Å². The molecule has 4 rings (SSSR count). The van der Waals surface area contributed by atoms with Gasteiger partial charge in [-0.25, -0.2) is 0 Å². The predicted octanol–water partition coefficient (Wildman–Crippen LogP) is 3.39. The number of nitro benzene ring substituents is 1. The summed E-state index contributed by atoms with van der Waals surface area (Å²) in [6, 6.07) is 17.2. The molecule has 2 N–H and O–H groups in total. The van der Waals surface area contributed by atoms with Crippen molar-refractivity contribution in [2.45, 2.75) is 6.92 Å². The van der Waals surface area contributed by atoms with Gasteiger partial charge in [0.25, 0.3) is 23.4 Å². The number of rotatable bonds is 6. The highest BCUT2D eigenvalue weighted by molar-refractivity contribution is 6.24. The van der Waals surface area contributed by atoms with E-state index in [0.717, 1.165) is 11.6 Å². The summed E-state index contributed by atoms with van der Waals surface area (Å²) in [6.07, 6.45) is 0. The summed E-state index contributed by atoms with van der Waals surface area (Å²) >= 11 is 0. The molecule has 0 atom stereocenters. The van der Waals surface area contributed by atoms with Gasteiger partial charge in [-0.05, 0) is 42.8 Å². The van der Waals surface area contributed by atoms with Gasteiger partial charge in [0.2, 0.25) is 5.91 Å². The van der Waals surface area contributed by atoms with Crippen molar-refractivity contribution in [3.05, 3.63) is 99.1 Å². The van der Waals surface area contributed by atoms with Gasteiger partial charge in [-0.2, -0.15) is 0 Å². The topological polar surface area (TPSA) is 139 Å². The monoisotopic (exact) mass is 458 g/mol. The van der Waals surface area contributed by atoms with Gasteiger partial charge < -0.3 is 10.6 Å². The zero-order valence-electron chi connectivity index (χ0n) is 17.9. The van der Waals surface area contributed by atoms with Crippen molar-refractivity contribution in [1.82, 2.24) is 4.90 Å². The van der Waals surface area contributed by atoms with E-state index < -0.39 is 40.8 Å². The number of benzene rings is 3. The Kier molecular flexibility index (Phi) is 5.88. The third kappa shape index (κ3) is 4.24. The Morgan fingerprint density at radius 3 is 2.41 bits per heavy atom. The lowest BCUT2D eigenvalue weighted by molar-refractivity contribution is -0.385. The van der Waals surface area contributed by atoms with Crippen molar-refractivity contribution in [2.24, 2.45) is 0 Å². The summed E-state index contributed by atoms with van der Waals surface area (Å²) in [5, 5.41) is 16.5. The average molecular weight is 458 g/mol. The average Bonchev–Trinajstić information content (AvgIpc) is 3.04. The summed E-state index contributed by atoms with van der Waals surface area (Å²) in [7, 11) is 0. The number of hydrogen-bond acceptors (Lipinski definition) is 6. The Labute approximate surface area is 193 Å². The molecule has 4 amide bonds. The fourth-order valence-electron chi connectivity index (χ4n) is 3.66. The molecule has 0 saturated carbocycles. The number of hydrogen-bond donors (Lipinski definition) is 2. The Bertz CT molecular complexity index is 1370. The number of imide groups is 1. The van der Waals surface area contributed by atoms with Crippen LogP contribution in [0.2, 0.25) is 0 Å². The van der Waals surface area contributed by atoms with Crippen LogP contribution in [0.4, 0.5) is 17.1 Å². The number of amides is 4. The van der Waals surface area contributed by atoms with Crippen LogP contribution in [0.15, 0.2) is 66.7 Å². The molecular formula is C24H18N4O6. The predicted molar refractivity (Wildman–Crippen MR) is 123 cm³/mol. The highest BCUT2D eigenvalue weighted by Crippen LogP contribution is 2.30. The quantitative estimate of drug-likeness (QED) is 0.330. The van der Waals surface area contributed by atoms with E-state index in [4.69, 9.17) is 0 Å². The third-order valence-electron chi connectivity index (χ3n) is 5.20. The minimum absolute atomic E-state index is 0.134. The Hall–Kier alpha value is -4.86. The SMILES string of the molecule is Cc1cccc(NC(=O)c2ccccc2NC(=O)CN2C(=O)c3cccc([N+](=O)[O-])c3C2=O)c1. The van der Waals surface area contributed by atoms with E-state index >= 15 is 0 Å². The van der Waals surface area contributed by atoms with E-state index in [1.54, 1.807) is 30.3 Å². The number of para-hydroxylation sites is 1. The maximum absolute atomic E-state index is 12.8. The Morgan fingerprint density at radius 2 is 1.68 bits per heavy atom. The summed E-state index contributed by atoms with van der Waals surface area (Å²) in [4.78, 5) is 61.9. The van der Waals surface area contributed by atoms with E-state index in [1.165, 1.54) is 24.3 Å². The molecule has 3 aromatic carbocycles. The fraction of sp³-hybridized carbons (Fsp3) is 0.0833. The molecule has 0 unspecified atom stereocenters. The van der Waals surface area contributed by atoms with Gasteiger partial charge in [0, 0.05) is 11.8 Å². The normalized spacial score (nSPS) is 12.3. The van der Waals surface area contributed by atoms with Gasteiger partial charge in [-0.3, -0.25) is 34.2 Å². The lowest BCUT2D eigenvalue weighted by atomic mass is 10.1. The molecule has 0 radical (unpaired) electrons. The molecule has 10 heteroatoms. The molecule has 0 fully saturated rings. The van der Waals surface area contributed by atoms with Crippen molar-refractivity contribution >= 4 is 40.7 Å². The third-order valence-corrected chi connectivity index (χ3v) is 5.20. The van der Waals surface area contributed by atoms with Gasteiger partial charge in [0.1, 0.15) is 12.1 Å². The molecule has 170 valence electrons. The van der Waals surface area contributed by atoms with E-state index in [9.17, 15) is 29.3 Å². The number of nitro groups is 1. The van der Waals surface area contributed by atoms with Crippen molar-refractivity contribution in [1.29, 1.82) is 0 Å².